The first kappa shape index (κ1) is 25.6. The lowest BCUT2D eigenvalue weighted by atomic mass is 10.1. The van der Waals surface area contributed by atoms with E-state index < -0.39 is 0 Å². The molecule has 0 N–H and O–H groups in total. The van der Waals surface area contributed by atoms with Gasteiger partial charge in [-0.25, -0.2) is 4.98 Å². The van der Waals surface area contributed by atoms with E-state index in [1.54, 1.807) is 10.6 Å². The van der Waals surface area contributed by atoms with Gasteiger partial charge < -0.3 is 9.47 Å². The van der Waals surface area contributed by atoms with Crippen LogP contribution in [0.2, 0.25) is 0 Å². The zero-order chi connectivity index (χ0) is 24.5. The Kier molecular flexibility index (Phi) is 9.33. The molecule has 7 heteroatoms. The number of hydrogen-bond donors (Lipinski definition) is 0. The Labute approximate surface area is 205 Å². The lowest BCUT2D eigenvalue weighted by Gasteiger charge is -2.18. The summed E-state index contributed by atoms with van der Waals surface area (Å²) in [6, 6.07) is 18.9. The molecule has 2 aromatic carbocycles. The van der Waals surface area contributed by atoms with Crippen LogP contribution in [0.15, 0.2) is 70.4 Å². The number of hydrogen-bond acceptors (Lipinski definition) is 6. The highest BCUT2D eigenvalue weighted by atomic mass is 32.2. The van der Waals surface area contributed by atoms with E-state index in [1.807, 2.05) is 82.3 Å². The standard InChI is InChI=1S/C27H32N2O4S/c1-5-24-28-23(20-10-8-7-9-11-20)18-25(30)29(24)16-17-33-21-12-14-22(15-13-21)34-26(19(3)4)27(31)32-6-2/h7-15,18-19,26H,5-6,16-17H2,1-4H3. The second kappa shape index (κ2) is 12.4. The highest BCUT2D eigenvalue weighted by molar-refractivity contribution is 8.00. The number of rotatable bonds is 11. The van der Waals surface area contributed by atoms with Crippen molar-refractivity contribution >= 4 is 17.7 Å². The van der Waals surface area contributed by atoms with Crippen LogP contribution in [0.25, 0.3) is 11.3 Å². The van der Waals surface area contributed by atoms with Crippen molar-refractivity contribution in [1.82, 2.24) is 9.55 Å². The highest BCUT2D eigenvalue weighted by Gasteiger charge is 2.24. The Balaban J connectivity index is 1.62. The monoisotopic (exact) mass is 480 g/mol. The minimum absolute atomic E-state index is 0.0836. The van der Waals surface area contributed by atoms with Crippen LogP contribution in [-0.4, -0.2) is 34.0 Å². The summed E-state index contributed by atoms with van der Waals surface area (Å²) in [5, 5.41) is -0.252. The molecule has 1 unspecified atom stereocenters. The number of carbonyl (C=O) groups is 1. The van der Waals surface area contributed by atoms with Crippen LogP contribution in [0.3, 0.4) is 0 Å². The molecule has 6 nitrogen and oxygen atoms in total. The minimum Gasteiger partial charge on any atom is -0.492 e. The third-order valence-electron chi connectivity index (χ3n) is 5.27. The average Bonchev–Trinajstić information content (AvgIpc) is 2.84. The molecule has 0 fully saturated rings. The number of thioether (sulfide) groups is 1. The van der Waals surface area contributed by atoms with Gasteiger partial charge in [-0.1, -0.05) is 51.1 Å². The summed E-state index contributed by atoms with van der Waals surface area (Å²) in [6.07, 6.45) is 0.652. The molecule has 0 aliphatic rings. The predicted molar refractivity (Wildman–Crippen MR) is 136 cm³/mol. The van der Waals surface area contributed by atoms with Gasteiger partial charge in [-0.15, -0.1) is 11.8 Å². The topological polar surface area (TPSA) is 70.4 Å². The van der Waals surface area contributed by atoms with Gasteiger partial charge in [-0.3, -0.25) is 14.2 Å². The van der Waals surface area contributed by atoms with Gasteiger partial charge >= 0.3 is 5.97 Å². The Bertz CT molecular complexity index is 1130. The van der Waals surface area contributed by atoms with Crippen LogP contribution in [0, 0.1) is 5.92 Å². The maximum Gasteiger partial charge on any atom is 0.319 e. The second-order valence-electron chi connectivity index (χ2n) is 8.12. The molecule has 1 atom stereocenters. The molecule has 180 valence electrons. The van der Waals surface area contributed by atoms with Crippen LogP contribution in [0.1, 0.15) is 33.5 Å². The molecule has 1 heterocycles. The number of aromatic nitrogens is 2. The van der Waals surface area contributed by atoms with Crippen molar-refractivity contribution < 1.29 is 14.3 Å². The van der Waals surface area contributed by atoms with E-state index in [4.69, 9.17) is 14.5 Å². The molecular formula is C27H32N2O4S. The van der Waals surface area contributed by atoms with E-state index in [-0.39, 0.29) is 22.7 Å². The summed E-state index contributed by atoms with van der Waals surface area (Å²) in [6.45, 7) is 8.98. The Morgan fingerprint density at radius 2 is 1.76 bits per heavy atom. The summed E-state index contributed by atoms with van der Waals surface area (Å²) in [5.74, 6) is 1.42. The van der Waals surface area contributed by atoms with Crippen molar-refractivity contribution in [2.45, 2.75) is 50.8 Å². The molecule has 3 rings (SSSR count). The van der Waals surface area contributed by atoms with Crippen molar-refractivity contribution in [3.63, 3.8) is 0 Å². The molecule has 0 amide bonds. The molecule has 1 aromatic heterocycles. The van der Waals surface area contributed by atoms with Crippen LogP contribution < -0.4 is 10.3 Å². The molecule has 3 aromatic rings. The molecule has 0 aliphatic heterocycles. The molecular weight excluding hydrogens is 448 g/mol. The van der Waals surface area contributed by atoms with E-state index in [0.717, 1.165) is 16.3 Å². The maximum absolute atomic E-state index is 12.8. The molecule has 0 aliphatic carbocycles. The smallest absolute Gasteiger partial charge is 0.319 e. The Morgan fingerprint density at radius 3 is 2.38 bits per heavy atom. The van der Waals surface area contributed by atoms with Crippen LogP contribution in [-0.2, 0) is 22.5 Å². The highest BCUT2D eigenvalue weighted by Crippen LogP contribution is 2.30. The van der Waals surface area contributed by atoms with Crippen molar-refractivity contribution in [3.8, 4) is 17.0 Å². The zero-order valence-electron chi connectivity index (χ0n) is 20.2. The van der Waals surface area contributed by atoms with Gasteiger partial charge in [0.05, 0.1) is 18.8 Å². The molecule has 34 heavy (non-hydrogen) atoms. The molecule has 0 bridgehead atoms. The van der Waals surface area contributed by atoms with Crippen LogP contribution in [0.5, 0.6) is 5.75 Å². The summed E-state index contributed by atoms with van der Waals surface area (Å²) >= 11 is 1.50. The van der Waals surface area contributed by atoms with Gasteiger partial charge in [0.2, 0.25) is 0 Å². The first-order chi connectivity index (χ1) is 16.4. The van der Waals surface area contributed by atoms with Gasteiger partial charge in [-0.2, -0.15) is 0 Å². The van der Waals surface area contributed by atoms with E-state index in [9.17, 15) is 9.59 Å². The number of nitrogens with zero attached hydrogens (tertiary/aromatic N) is 2. The fourth-order valence-electron chi connectivity index (χ4n) is 3.52. The van der Waals surface area contributed by atoms with Crippen LogP contribution >= 0.6 is 11.8 Å². The fraction of sp³-hybridized carbons (Fsp3) is 0.370. The summed E-state index contributed by atoms with van der Waals surface area (Å²) in [4.78, 5) is 30.7. The number of ether oxygens (including phenoxy) is 2. The number of carbonyl (C=O) groups excluding carboxylic acids is 1. The van der Waals surface area contributed by atoms with Gasteiger partial charge in [0.15, 0.2) is 0 Å². The van der Waals surface area contributed by atoms with Gasteiger partial charge in [-0.05, 0) is 37.1 Å². The van der Waals surface area contributed by atoms with Crippen molar-refractivity contribution in [2.75, 3.05) is 13.2 Å². The Hall–Kier alpha value is -3.06. The third kappa shape index (κ3) is 6.73. The molecule has 0 radical (unpaired) electrons. The van der Waals surface area contributed by atoms with E-state index in [2.05, 4.69) is 0 Å². The molecule has 0 spiro atoms. The molecule has 0 saturated heterocycles. The first-order valence-corrected chi connectivity index (χ1v) is 12.5. The minimum atomic E-state index is -0.252. The lowest BCUT2D eigenvalue weighted by Crippen LogP contribution is -2.27. The van der Waals surface area contributed by atoms with Gasteiger partial charge in [0, 0.05) is 22.9 Å². The normalized spacial score (nSPS) is 11.9. The average molecular weight is 481 g/mol. The summed E-state index contributed by atoms with van der Waals surface area (Å²) in [7, 11) is 0. The van der Waals surface area contributed by atoms with Crippen molar-refractivity contribution in [1.29, 1.82) is 0 Å². The van der Waals surface area contributed by atoms with Gasteiger partial charge in [0.1, 0.15) is 23.4 Å². The van der Waals surface area contributed by atoms with E-state index in [1.165, 1.54) is 11.8 Å². The van der Waals surface area contributed by atoms with Crippen molar-refractivity contribution in [3.05, 3.63) is 76.8 Å². The quantitative estimate of drug-likeness (QED) is 0.276. The van der Waals surface area contributed by atoms with Crippen LogP contribution in [0.4, 0.5) is 0 Å². The lowest BCUT2D eigenvalue weighted by molar-refractivity contribution is -0.143. The summed E-state index contributed by atoms with van der Waals surface area (Å²) < 4.78 is 12.8. The van der Waals surface area contributed by atoms with Crippen molar-refractivity contribution in [2.24, 2.45) is 5.92 Å². The van der Waals surface area contributed by atoms with E-state index in [0.29, 0.717) is 37.6 Å². The third-order valence-corrected chi connectivity index (χ3v) is 6.80. The largest absolute Gasteiger partial charge is 0.492 e. The molecule has 0 saturated carbocycles. The zero-order valence-corrected chi connectivity index (χ0v) is 21.0. The first-order valence-electron chi connectivity index (χ1n) is 11.6. The maximum atomic E-state index is 12.8. The number of esters is 1. The predicted octanol–water partition coefficient (Wildman–Crippen LogP) is 5.23. The number of aryl methyl sites for hydroxylation is 1. The number of benzene rings is 2. The van der Waals surface area contributed by atoms with Gasteiger partial charge in [0.25, 0.3) is 5.56 Å². The SMILES string of the molecule is CCOC(=O)C(Sc1ccc(OCCn2c(CC)nc(-c3ccccc3)cc2=O)cc1)C(C)C. The summed E-state index contributed by atoms with van der Waals surface area (Å²) in [5.41, 5.74) is 1.54. The Morgan fingerprint density at radius 1 is 1.06 bits per heavy atom. The second-order valence-corrected chi connectivity index (χ2v) is 9.34. The van der Waals surface area contributed by atoms with E-state index >= 15 is 0 Å². The fourth-order valence-corrected chi connectivity index (χ4v) is 4.54.